The second-order valence-electron chi connectivity index (χ2n) is 5.57. The molecule has 0 spiro atoms. The Hall–Kier alpha value is -2.04. The molecule has 0 bridgehead atoms. The highest BCUT2D eigenvalue weighted by Gasteiger charge is 2.06. The largest absolute Gasteiger partial charge is 0.356 e. The summed E-state index contributed by atoms with van der Waals surface area (Å²) < 4.78 is 0. The van der Waals surface area contributed by atoms with E-state index < -0.39 is 0 Å². The molecule has 1 aromatic carbocycles. The molecule has 0 unspecified atom stereocenters. The first-order chi connectivity index (χ1) is 9.99. The van der Waals surface area contributed by atoms with Crippen LogP contribution in [0.5, 0.6) is 0 Å². The Bertz CT molecular complexity index is 455. The van der Waals surface area contributed by atoms with Gasteiger partial charge in [0.2, 0.25) is 5.91 Å². The Labute approximate surface area is 127 Å². The van der Waals surface area contributed by atoms with Crippen molar-refractivity contribution in [3.63, 3.8) is 0 Å². The molecule has 0 aliphatic rings. The van der Waals surface area contributed by atoms with Gasteiger partial charge in [-0.3, -0.25) is 4.79 Å². The zero-order valence-corrected chi connectivity index (χ0v) is 13.4. The fourth-order valence-electron chi connectivity index (χ4n) is 1.55. The SMILES string of the molecule is CC(C)CNC(=NCc1ccccc1)NCC(=O)N(C)C. The first kappa shape index (κ1) is 17.0. The van der Waals surface area contributed by atoms with E-state index in [1.54, 1.807) is 19.0 Å². The Morgan fingerprint density at radius 3 is 2.43 bits per heavy atom. The van der Waals surface area contributed by atoms with Gasteiger partial charge in [-0.15, -0.1) is 0 Å². The van der Waals surface area contributed by atoms with Gasteiger partial charge in [-0.2, -0.15) is 0 Å². The maximum Gasteiger partial charge on any atom is 0.241 e. The molecule has 0 heterocycles. The fourth-order valence-corrected chi connectivity index (χ4v) is 1.55. The smallest absolute Gasteiger partial charge is 0.241 e. The van der Waals surface area contributed by atoms with Crippen molar-refractivity contribution in [3.8, 4) is 0 Å². The molecule has 0 fully saturated rings. The third-order valence-electron chi connectivity index (χ3n) is 2.85. The van der Waals surface area contributed by atoms with E-state index in [1.807, 2.05) is 30.3 Å². The van der Waals surface area contributed by atoms with Gasteiger partial charge in [0.05, 0.1) is 13.1 Å². The average Bonchev–Trinajstić information content (AvgIpc) is 2.46. The summed E-state index contributed by atoms with van der Waals surface area (Å²) in [6.07, 6.45) is 0. The van der Waals surface area contributed by atoms with Crippen LogP contribution in [0, 0.1) is 5.92 Å². The predicted molar refractivity (Wildman–Crippen MR) is 87.1 cm³/mol. The van der Waals surface area contributed by atoms with Crippen LogP contribution in [0.4, 0.5) is 0 Å². The molecule has 0 radical (unpaired) electrons. The van der Waals surface area contributed by atoms with Crippen LogP contribution in [-0.4, -0.2) is 44.0 Å². The molecule has 0 saturated heterocycles. The molecule has 1 aromatic rings. The van der Waals surface area contributed by atoms with E-state index in [1.165, 1.54) is 0 Å². The third kappa shape index (κ3) is 7.34. The standard InChI is InChI=1S/C16H26N4O/c1-13(2)10-17-16(19-12-15(21)20(3)4)18-11-14-8-6-5-7-9-14/h5-9,13H,10-12H2,1-4H3,(H2,17,18,19). The molecule has 0 saturated carbocycles. The van der Waals surface area contributed by atoms with E-state index in [-0.39, 0.29) is 12.5 Å². The van der Waals surface area contributed by atoms with Crippen molar-refractivity contribution in [2.24, 2.45) is 10.9 Å². The van der Waals surface area contributed by atoms with Crippen LogP contribution in [-0.2, 0) is 11.3 Å². The molecule has 2 N–H and O–H groups in total. The highest BCUT2D eigenvalue weighted by atomic mass is 16.2. The topological polar surface area (TPSA) is 56.7 Å². The van der Waals surface area contributed by atoms with E-state index in [0.29, 0.717) is 18.4 Å². The minimum absolute atomic E-state index is 0.0220. The van der Waals surface area contributed by atoms with Crippen molar-refractivity contribution < 1.29 is 4.79 Å². The Morgan fingerprint density at radius 2 is 1.86 bits per heavy atom. The summed E-state index contributed by atoms with van der Waals surface area (Å²) in [5, 5.41) is 6.33. The van der Waals surface area contributed by atoms with E-state index in [9.17, 15) is 4.79 Å². The number of nitrogens with one attached hydrogen (secondary N) is 2. The second kappa shape index (κ2) is 9.00. The maximum atomic E-state index is 11.6. The van der Waals surface area contributed by atoms with Gasteiger partial charge in [-0.25, -0.2) is 4.99 Å². The number of rotatable bonds is 6. The minimum atomic E-state index is 0.0220. The van der Waals surface area contributed by atoms with Crippen molar-refractivity contribution in [3.05, 3.63) is 35.9 Å². The number of carbonyl (C=O) groups is 1. The van der Waals surface area contributed by atoms with Gasteiger partial charge in [0.1, 0.15) is 0 Å². The average molecular weight is 290 g/mol. The van der Waals surface area contributed by atoms with Crippen LogP contribution >= 0.6 is 0 Å². The number of amides is 1. The van der Waals surface area contributed by atoms with E-state index in [0.717, 1.165) is 12.1 Å². The minimum Gasteiger partial charge on any atom is -0.356 e. The van der Waals surface area contributed by atoms with Crippen LogP contribution in [0.15, 0.2) is 35.3 Å². The van der Waals surface area contributed by atoms with Gasteiger partial charge in [0.25, 0.3) is 0 Å². The monoisotopic (exact) mass is 290 g/mol. The number of benzene rings is 1. The van der Waals surface area contributed by atoms with Crippen molar-refractivity contribution in [1.82, 2.24) is 15.5 Å². The lowest BCUT2D eigenvalue weighted by Crippen LogP contribution is -2.44. The zero-order chi connectivity index (χ0) is 15.7. The van der Waals surface area contributed by atoms with Gasteiger partial charge in [-0.1, -0.05) is 44.2 Å². The summed E-state index contributed by atoms with van der Waals surface area (Å²) in [6.45, 7) is 5.91. The summed E-state index contributed by atoms with van der Waals surface area (Å²) in [6, 6.07) is 10.0. The van der Waals surface area contributed by atoms with Crippen molar-refractivity contribution >= 4 is 11.9 Å². The molecule has 21 heavy (non-hydrogen) atoms. The lowest BCUT2D eigenvalue weighted by Gasteiger charge is -2.16. The van der Waals surface area contributed by atoms with E-state index >= 15 is 0 Å². The van der Waals surface area contributed by atoms with Gasteiger partial charge >= 0.3 is 0 Å². The van der Waals surface area contributed by atoms with Gasteiger partial charge in [-0.05, 0) is 11.5 Å². The predicted octanol–water partition coefficient (Wildman–Crippen LogP) is 1.47. The molecule has 0 aliphatic carbocycles. The summed E-state index contributed by atoms with van der Waals surface area (Å²) in [5.41, 5.74) is 1.14. The number of guanidine groups is 1. The van der Waals surface area contributed by atoms with Gasteiger partial charge in [0.15, 0.2) is 5.96 Å². The van der Waals surface area contributed by atoms with Crippen LogP contribution < -0.4 is 10.6 Å². The zero-order valence-electron chi connectivity index (χ0n) is 13.4. The molecule has 116 valence electrons. The summed E-state index contributed by atoms with van der Waals surface area (Å²) >= 11 is 0. The number of likely N-dealkylation sites (N-methyl/N-ethyl adjacent to an activating group) is 1. The quantitative estimate of drug-likeness (QED) is 0.616. The van der Waals surface area contributed by atoms with Crippen LogP contribution in [0.25, 0.3) is 0 Å². The lowest BCUT2D eigenvalue weighted by molar-refractivity contribution is -0.127. The van der Waals surface area contributed by atoms with Crippen molar-refractivity contribution in [1.29, 1.82) is 0 Å². The van der Waals surface area contributed by atoms with Crippen LogP contribution in [0.2, 0.25) is 0 Å². The van der Waals surface area contributed by atoms with E-state index in [4.69, 9.17) is 0 Å². The normalized spacial score (nSPS) is 11.4. The molecular weight excluding hydrogens is 264 g/mol. The molecule has 5 heteroatoms. The lowest BCUT2D eigenvalue weighted by atomic mass is 10.2. The Morgan fingerprint density at radius 1 is 1.19 bits per heavy atom. The number of nitrogens with zero attached hydrogens (tertiary/aromatic N) is 2. The summed E-state index contributed by atoms with van der Waals surface area (Å²) in [5.74, 6) is 1.20. The highest BCUT2D eigenvalue weighted by molar-refractivity contribution is 5.86. The van der Waals surface area contributed by atoms with Crippen LogP contribution in [0.3, 0.4) is 0 Å². The molecule has 0 aliphatic heterocycles. The molecule has 5 nitrogen and oxygen atoms in total. The third-order valence-corrected chi connectivity index (χ3v) is 2.85. The highest BCUT2D eigenvalue weighted by Crippen LogP contribution is 2.00. The number of carbonyl (C=O) groups excluding carboxylic acids is 1. The number of hydrogen-bond acceptors (Lipinski definition) is 2. The molecular formula is C16H26N4O. The first-order valence-electron chi connectivity index (χ1n) is 7.25. The Kier molecular flexibility index (Phi) is 7.29. The molecule has 1 amide bonds. The second-order valence-corrected chi connectivity index (χ2v) is 5.57. The maximum absolute atomic E-state index is 11.6. The molecule has 0 atom stereocenters. The van der Waals surface area contributed by atoms with E-state index in [2.05, 4.69) is 29.5 Å². The molecule has 0 aromatic heterocycles. The van der Waals surface area contributed by atoms with Crippen molar-refractivity contribution in [2.75, 3.05) is 27.2 Å². The Balaban J connectivity index is 2.60. The van der Waals surface area contributed by atoms with Crippen molar-refractivity contribution in [2.45, 2.75) is 20.4 Å². The van der Waals surface area contributed by atoms with Crippen LogP contribution in [0.1, 0.15) is 19.4 Å². The first-order valence-corrected chi connectivity index (χ1v) is 7.25. The van der Waals surface area contributed by atoms with Gasteiger partial charge in [0, 0.05) is 20.6 Å². The summed E-state index contributed by atoms with van der Waals surface area (Å²) in [4.78, 5) is 17.7. The van der Waals surface area contributed by atoms with Gasteiger partial charge < -0.3 is 15.5 Å². The number of aliphatic imine (C=N–C) groups is 1. The number of hydrogen-bond donors (Lipinski definition) is 2. The summed E-state index contributed by atoms with van der Waals surface area (Å²) in [7, 11) is 3.48. The fraction of sp³-hybridized carbons (Fsp3) is 0.500. The molecule has 1 rings (SSSR count).